The van der Waals surface area contributed by atoms with E-state index in [0.29, 0.717) is 6.04 Å². The van der Waals surface area contributed by atoms with E-state index < -0.39 is 0 Å². The predicted octanol–water partition coefficient (Wildman–Crippen LogP) is 5.75. The Balaban J connectivity index is 1.80. The van der Waals surface area contributed by atoms with Gasteiger partial charge in [-0.2, -0.15) is 0 Å². The molecule has 0 aliphatic heterocycles. The van der Waals surface area contributed by atoms with Gasteiger partial charge in [-0.05, 0) is 87.1 Å². The first-order chi connectivity index (χ1) is 9.22. The zero-order chi connectivity index (χ0) is 13.4. The molecule has 0 radical (unpaired) electrons. The molecule has 2 aliphatic rings. The van der Waals surface area contributed by atoms with Crippen LogP contribution in [0.15, 0.2) is 13.6 Å². The first kappa shape index (κ1) is 14.6. The summed E-state index contributed by atoms with van der Waals surface area (Å²) < 4.78 is 2.54. The smallest absolute Gasteiger partial charge is 0.0758 e. The Morgan fingerprint density at radius 3 is 2.53 bits per heavy atom. The molecule has 106 valence electrons. The Labute approximate surface area is 136 Å². The zero-order valence-corrected chi connectivity index (χ0v) is 15.3. The van der Waals surface area contributed by atoms with E-state index in [2.05, 4.69) is 50.2 Å². The van der Waals surface area contributed by atoms with Crippen LogP contribution in [0, 0.1) is 17.8 Å². The summed E-state index contributed by atoms with van der Waals surface area (Å²) in [5.41, 5.74) is 1.48. The van der Waals surface area contributed by atoms with Gasteiger partial charge in [0.15, 0.2) is 0 Å². The van der Waals surface area contributed by atoms with Crippen molar-refractivity contribution in [3.63, 3.8) is 0 Å². The fraction of sp³-hybridized carbons (Fsp3) is 0.733. The molecular formula is C15H21Br2NS. The lowest BCUT2D eigenvalue weighted by Crippen LogP contribution is -2.24. The number of hydrogen-bond donors (Lipinski definition) is 1. The lowest BCUT2D eigenvalue weighted by molar-refractivity contribution is 0.445. The van der Waals surface area contributed by atoms with Gasteiger partial charge >= 0.3 is 0 Å². The maximum atomic E-state index is 3.81. The molecule has 3 atom stereocenters. The van der Waals surface area contributed by atoms with E-state index in [-0.39, 0.29) is 0 Å². The summed E-state index contributed by atoms with van der Waals surface area (Å²) in [7, 11) is 0. The summed E-state index contributed by atoms with van der Waals surface area (Å²) in [5.74, 6) is 2.87. The van der Waals surface area contributed by atoms with Crippen molar-refractivity contribution in [2.24, 2.45) is 17.8 Å². The standard InChI is InChI=1S/C15H21Br2NS/c1-2-7-18-14(11-8-12(16)19-15(11)17)13-9-5-3-4-6-10(9)13/h8-10,13-14,18H,2-7H2,1H3. The van der Waals surface area contributed by atoms with Crippen LogP contribution >= 0.6 is 43.2 Å². The molecule has 0 amide bonds. The van der Waals surface area contributed by atoms with Crippen LogP contribution in [0.5, 0.6) is 0 Å². The van der Waals surface area contributed by atoms with Gasteiger partial charge in [-0.15, -0.1) is 11.3 Å². The number of thiophene rings is 1. The topological polar surface area (TPSA) is 12.0 Å². The summed E-state index contributed by atoms with van der Waals surface area (Å²) in [4.78, 5) is 0. The van der Waals surface area contributed by atoms with Gasteiger partial charge in [0.25, 0.3) is 0 Å². The van der Waals surface area contributed by atoms with E-state index in [1.807, 2.05) is 0 Å². The molecule has 3 unspecified atom stereocenters. The van der Waals surface area contributed by atoms with Gasteiger partial charge < -0.3 is 5.32 Å². The highest BCUT2D eigenvalue weighted by Crippen LogP contribution is 2.61. The Kier molecular flexibility index (Phi) is 4.72. The zero-order valence-electron chi connectivity index (χ0n) is 11.3. The molecule has 0 aromatic carbocycles. The van der Waals surface area contributed by atoms with Crippen molar-refractivity contribution in [3.8, 4) is 0 Å². The van der Waals surface area contributed by atoms with E-state index in [1.54, 1.807) is 11.3 Å². The second-order valence-electron chi connectivity index (χ2n) is 5.90. The lowest BCUT2D eigenvalue weighted by Gasteiger charge is -2.19. The average molecular weight is 407 g/mol. The van der Waals surface area contributed by atoms with E-state index >= 15 is 0 Å². The van der Waals surface area contributed by atoms with Crippen molar-refractivity contribution in [1.29, 1.82) is 0 Å². The fourth-order valence-electron chi connectivity index (χ4n) is 3.86. The molecule has 4 heteroatoms. The monoisotopic (exact) mass is 405 g/mol. The Morgan fingerprint density at radius 1 is 1.32 bits per heavy atom. The van der Waals surface area contributed by atoms with E-state index in [1.165, 1.54) is 45.2 Å². The number of halogens is 2. The maximum Gasteiger partial charge on any atom is 0.0758 e. The van der Waals surface area contributed by atoms with E-state index in [0.717, 1.165) is 24.3 Å². The number of fused-ring (bicyclic) bond motifs is 1. The Bertz CT molecular complexity index is 433. The number of nitrogens with one attached hydrogen (secondary N) is 1. The highest BCUT2D eigenvalue weighted by Gasteiger charge is 2.54. The summed E-state index contributed by atoms with van der Waals surface area (Å²) in [6, 6.07) is 2.87. The third-order valence-electron chi connectivity index (χ3n) is 4.74. The second kappa shape index (κ2) is 6.17. The van der Waals surface area contributed by atoms with Crippen LogP contribution in [-0.2, 0) is 0 Å². The molecule has 0 spiro atoms. The fourth-order valence-corrected chi connectivity index (χ4v) is 6.79. The molecule has 19 heavy (non-hydrogen) atoms. The van der Waals surface area contributed by atoms with Crippen LogP contribution in [-0.4, -0.2) is 6.54 Å². The molecule has 0 bridgehead atoms. The Morgan fingerprint density at radius 2 is 2.00 bits per heavy atom. The molecule has 1 nitrogen and oxygen atoms in total. The van der Waals surface area contributed by atoms with Crippen LogP contribution in [0.25, 0.3) is 0 Å². The molecular weight excluding hydrogens is 386 g/mol. The minimum absolute atomic E-state index is 0.560. The van der Waals surface area contributed by atoms with Crippen LogP contribution in [0.1, 0.15) is 50.6 Å². The lowest BCUT2D eigenvalue weighted by atomic mass is 10.0. The van der Waals surface area contributed by atoms with Crippen LogP contribution in [0.2, 0.25) is 0 Å². The highest BCUT2D eigenvalue weighted by atomic mass is 79.9. The van der Waals surface area contributed by atoms with Crippen molar-refractivity contribution in [1.82, 2.24) is 5.32 Å². The average Bonchev–Trinajstić information content (AvgIpc) is 3.02. The van der Waals surface area contributed by atoms with Gasteiger partial charge in [-0.25, -0.2) is 0 Å². The normalized spacial score (nSPS) is 31.0. The summed E-state index contributed by atoms with van der Waals surface area (Å²) >= 11 is 9.18. The van der Waals surface area contributed by atoms with Gasteiger partial charge in [0.05, 0.1) is 7.57 Å². The molecule has 0 saturated heterocycles. The summed E-state index contributed by atoms with van der Waals surface area (Å²) in [5, 5.41) is 3.81. The molecule has 1 aromatic rings. The Hall–Kier alpha value is 0.620. The third-order valence-corrected chi connectivity index (χ3v) is 7.13. The van der Waals surface area contributed by atoms with Crippen LogP contribution in [0.4, 0.5) is 0 Å². The van der Waals surface area contributed by atoms with Crippen LogP contribution < -0.4 is 5.32 Å². The molecule has 2 aliphatic carbocycles. The number of rotatable bonds is 5. The number of hydrogen-bond acceptors (Lipinski definition) is 2. The minimum atomic E-state index is 0.560. The van der Waals surface area contributed by atoms with Crippen molar-refractivity contribution in [3.05, 3.63) is 19.2 Å². The maximum absolute atomic E-state index is 3.81. The van der Waals surface area contributed by atoms with Gasteiger partial charge in [0.2, 0.25) is 0 Å². The van der Waals surface area contributed by atoms with E-state index in [4.69, 9.17) is 0 Å². The first-order valence-electron chi connectivity index (χ1n) is 7.40. The predicted molar refractivity (Wildman–Crippen MR) is 89.7 cm³/mol. The van der Waals surface area contributed by atoms with Crippen molar-refractivity contribution >= 4 is 43.2 Å². The van der Waals surface area contributed by atoms with Gasteiger partial charge in [0, 0.05) is 6.04 Å². The van der Waals surface area contributed by atoms with Crippen molar-refractivity contribution in [2.45, 2.75) is 45.1 Å². The molecule has 1 N–H and O–H groups in total. The summed E-state index contributed by atoms with van der Waals surface area (Å²) in [6.07, 6.45) is 7.03. The van der Waals surface area contributed by atoms with Gasteiger partial charge in [-0.1, -0.05) is 19.8 Å². The van der Waals surface area contributed by atoms with Crippen molar-refractivity contribution in [2.75, 3.05) is 6.54 Å². The molecule has 3 rings (SSSR count). The molecule has 2 fully saturated rings. The molecule has 2 saturated carbocycles. The largest absolute Gasteiger partial charge is 0.310 e. The van der Waals surface area contributed by atoms with Gasteiger partial charge in [0.1, 0.15) is 0 Å². The second-order valence-corrected chi connectivity index (χ2v) is 9.65. The summed E-state index contributed by atoms with van der Waals surface area (Å²) in [6.45, 7) is 3.38. The first-order valence-corrected chi connectivity index (χ1v) is 9.80. The quantitative estimate of drug-likeness (QED) is 0.656. The minimum Gasteiger partial charge on any atom is -0.310 e. The molecule has 1 aromatic heterocycles. The van der Waals surface area contributed by atoms with Crippen LogP contribution in [0.3, 0.4) is 0 Å². The third kappa shape index (κ3) is 2.97. The highest BCUT2D eigenvalue weighted by molar-refractivity contribution is 9.12. The van der Waals surface area contributed by atoms with Gasteiger partial charge in [-0.3, -0.25) is 0 Å². The SMILES string of the molecule is CCCNC(c1cc(Br)sc1Br)C1C2CCCCC21. The van der Waals surface area contributed by atoms with E-state index in [9.17, 15) is 0 Å². The molecule has 1 heterocycles. The van der Waals surface area contributed by atoms with Crippen molar-refractivity contribution < 1.29 is 0 Å².